The van der Waals surface area contributed by atoms with Crippen LogP contribution in [0.1, 0.15) is 49.3 Å². The van der Waals surface area contributed by atoms with E-state index in [2.05, 4.69) is 35.3 Å². The van der Waals surface area contributed by atoms with E-state index in [0.29, 0.717) is 23.7 Å². The van der Waals surface area contributed by atoms with Gasteiger partial charge in [-0.15, -0.1) is 0 Å². The molecule has 162 valence electrons. The molecule has 0 atom stereocenters. The molecule has 1 heterocycles. The van der Waals surface area contributed by atoms with Gasteiger partial charge in [-0.3, -0.25) is 4.79 Å². The third kappa shape index (κ3) is 5.05. The second-order valence-corrected chi connectivity index (χ2v) is 8.38. The molecule has 7 heteroatoms. The highest BCUT2D eigenvalue weighted by Gasteiger charge is 2.32. The second-order valence-electron chi connectivity index (χ2n) is 8.38. The van der Waals surface area contributed by atoms with Gasteiger partial charge >= 0.3 is 5.97 Å². The summed E-state index contributed by atoms with van der Waals surface area (Å²) in [5.41, 5.74) is 5.41. The number of aromatic nitrogens is 2. The van der Waals surface area contributed by atoms with E-state index < -0.39 is 5.91 Å². The van der Waals surface area contributed by atoms with Crippen LogP contribution < -0.4 is 10.8 Å². The minimum atomic E-state index is -0.453. The number of nitrogens with zero attached hydrogens (tertiary/aromatic N) is 2. The fourth-order valence-electron chi connectivity index (χ4n) is 3.46. The molecule has 0 saturated heterocycles. The zero-order valence-electron chi connectivity index (χ0n) is 17.9. The first-order chi connectivity index (χ1) is 15.0. The van der Waals surface area contributed by atoms with Crippen LogP contribution in [0.3, 0.4) is 0 Å². The molecule has 0 bridgehead atoms. The number of anilines is 1. The van der Waals surface area contributed by atoms with Gasteiger partial charge in [0, 0.05) is 12.2 Å². The van der Waals surface area contributed by atoms with E-state index in [1.807, 2.05) is 30.3 Å². The zero-order valence-corrected chi connectivity index (χ0v) is 17.9. The molecule has 7 nitrogen and oxygen atoms in total. The Labute approximate surface area is 181 Å². The predicted octanol–water partition coefficient (Wildman–Crippen LogP) is 4.29. The minimum absolute atomic E-state index is 0.0764. The molecule has 0 radical (unpaired) electrons. The maximum Gasteiger partial charge on any atom is 0.335 e. The first kappa shape index (κ1) is 20.9. The van der Waals surface area contributed by atoms with Crippen molar-refractivity contribution in [1.29, 1.82) is 0 Å². The van der Waals surface area contributed by atoms with Gasteiger partial charge in [0.2, 0.25) is 0 Å². The first-order valence-electron chi connectivity index (χ1n) is 10.8. The number of fused-ring (bicyclic) bond motifs is 1. The van der Waals surface area contributed by atoms with Gasteiger partial charge in [-0.25, -0.2) is 9.78 Å². The number of hydroxylamine groups is 1. The van der Waals surface area contributed by atoms with Gasteiger partial charge in [-0.2, -0.15) is 5.48 Å². The van der Waals surface area contributed by atoms with E-state index in [0.717, 1.165) is 42.7 Å². The van der Waals surface area contributed by atoms with Crippen LogP contribution in [0.15, 0.2) is 48.5 Å². The van der Waals surface area contributed by atoms with Crippen LogP contribution in [-0.4, -0.2) is 21.4 Å². The van der Waals surface area contributed by atoms with Crippen molar-refractivity contribution >= 4 is 28.6 Å². The molecule has 1 aromatic heterocycles. The summed E-state index contributed by atoms with van der Waals surface area (Å²) in [6, 6.07) is 15.3. The Bertz CT molecular complexity index is 1090. The van der Waals surface area contributed by atoms with Crippen molar-refractivity contribution in [1.82, 2.24) is 15.0 Å². The van der Waals surface area contributed by atoms with E-state index >= 15 is 0 Å². The molecule has 1 amide bonds. The lowest BCUT2D eigenvalue weighted by Crippen LogP contribution is -2.28. The van der Waals surface area contributed by atoms with Crippen LogP contribution in [0.25, 0.3) is 11.0 Å². The summed E-state index contributed by atoms with van der Waals surface area (Å²) >= 11 is 0. The highest BCUT2D eigenvalue weighted by Crippen LogP contribution is 2.29. The Morgan fingerprint density at radius 1 is 1.13 bits per heavy atom. The van der Waals surface area contributed by atoms with Gasteiger partial charge in [0.15, 0.2) is 0 Å². The van der Waals surface area contributed by atoms with Gasteiger partial charge < -0.3 is 14.7 Å². The summed E-state index contributed by atoms with van der Waals surface area (Å²) in [6.07, 6.45) is 2.70. The summed E-state index contributed by atoms with van der Waals surface area (Å²) in [4.78, 5) is 34.0. The number of carbonyl (C=O) groups excluding carboxylic acids is 2. The highest BCUT2D eigenvalue weighted by molar-refractivity contribution is 5.99. The van der Waals surface area contributed by atoms with Crippen LogP contribution in [-0.2, 0) is 22.7 Å². The topological polar surface area (TPSA) is 85.3 Å². The normalized spacial score (nSPS) is 13.4. The molecule has 1 aliphatic rings. The van der Waals surface area contributed by atoms with Crippen molar-refractivity contribution in [2.75, 3.05) is 5.32 Å². The Kier molecular flexibility index (Phi) is 6.21. The van der Waals surface area contributed by atoms with Gasteiger partial charge in [-0.05, 0) is 49.4 Å². The average Bonchev–Trinajstić information content (AvgIpc) is 3.56. The number of benzene rings is 2. The summed E-state index contributed by atoms with van der Waals surface area (Å²) in [7, 11) is 0. The van der Waals surface area contributed by atoms with Gasteiger partial charge in [0.25, 0.3) is 5.91 Å². The number of para-hydroxylation sites is 3. The predicted molar refractivity (Wildman–Crippen MR) is 119 cm³/mol. The molecular formula is C24H28N4O3. The van der Waals surface area contributed by atoms with E-state index in [9.17, 15) is 9.59 Å². The number of imidazole rings is 1. The molecule has 2 aromatic carbocycles. The van der Waals surface area contributed by atoms with E-state index in [1.165, 1.54) is 0 Å². The smallest absolute Gasteiger partial charge is 0.335 e. The Hall–Kier alpha value is -3.35. The minimum Gasteiger partial charge on any atom is -0.377 e. The second kappa shape index (κ2) is 9.20. The average molecular weight is 421 g/mol. The number of aryl methyl sites for hydroxylation is 1. The number of hydrogen-bond acceptors (Lipinski definition) is 5. The van der Waals surface area contributed by atoms with Crippen LogP contribution in [0.4, 0.5) is 5.69 Å². The van der Waals surface area contributed by atoms with E-state index in [1.54, 1.807) is 12.1 Å². The van der Waals surface area contributed by atoms with Crippen molar-refractivity contribution in [2.45, 2.75) is 46.2 Å². The van der Waals surface area contributed by atoms with E-state index in [4.69, 9.17) is 9.82 Å². The zero-order chi connectivity index (χ0) is 21.8. The molecule has 31 heavy (non-hydrogen) atoms. The highest BCUT2D eigenvalue weighted by atomic mass is 16.7. The lowest BCUT2D eigenvalue weighted by molar-refractivity contribution is -0.150. The molecule has 2 N–H and O–H groups in total. The number of carbonyl (C=O) groups is 2. The van der Waals surface area contributed by atoms with Crippen molar-refractivity contribution < 1.29 is 14.4 Å². The van der Waals surface area contributed by atoms with Gasteiger partial charge in [0.05, 0.1) is 29.1 Å². The quantitative estimate of drug-likeness (QED) is 0.531. The van der Waals surface area contributed by atoms with Crippen LogP contribution in [0.2, 0.25) is 0 Å². The molecule has 1 aliphatic carbocycles. The molecule has 0 aliphatic heterocycles. The SMILES string of the molecule is CC(C)CCn1c(CNc2ccccc2C(=O)NOC(=O)C2CC2)nc2ccccc21. The van der Waals surface area contributed by atoms with Crippen LogP contribution in [0.5, 0.6) is 0 Å². The molecular weight excluding hydrogens is 392 g/mol. The number of hydrogen-bond donors (Lipinski definition) is 2. The van der Waals surface area contributed by atoms with Crippen molar-refractivity contribution in [3.05, 3.63) is 59.9 Å². The number of rotatable bonds is 8. The van der Waals surface area contributed by atoms with Crippen molar-refractivity contribution in [2.24, 2.45) is 11.8 Å². The lowest BCUT2D eigenvalue weighted by Gasteiger charge is -2.14. The first-order valence-corrected chi connectivity index (χ1v) is 10.8. The Balaban J connectivity index is 1.49. The molecule has 0 spiro atoms. The molecule has 1 fully saturated rings. The standard InChI is InChI=1S/C24H28N4O3/c1-16(2)13-14-28-21-10-6-5-9-20(21)26-22(28)15-25-19-8-4-3-7-18(19)23(29)27-31-24(30)17-11-12-17/h3-10,16-17,25H,11-15H2,1-2H3,(H,27,29). The molecule has 4 rings (SSSR count). The van der Waals surface area contributed by atoms with Crippen molar-refractivity contribution in [3.63, 3.8) is 0 Å². The van der Waals surface area contributed by atoms with E-state index in [-0.39, 0.29) is 11.9 Å². The summed E-state index contributed by atoms with van der Waals surface area (Å²) < 4.78 is 2.24. The Morgan fingerprint density at radius 3 is 2.65 bits per heavy atom. The summed E-state index contributed by atoms with van der Waals surface area (Å²) in [6.45, 7) is 5.78. The Morgan fingerprint density at radius 2 is 1.87 bits per heavy atom. The third-order valence-electron chi connectivity index (χ3n) is 5.43. The number of nitrogens with one attached hydrogen (secondary N) is 2. The fourth-order valence-corrected chi connectivity index (χ4v) is 3.46. The molecule has 1 saturated carbocycles. The largest absolute Gasteiger partial charge is 0.377 e. The van der Waals surface area contributed by atoms with Crippen molar-refractivity contribution in [3.8, 4) is 0 Å². The molecule has 0 unspecified atom stereocenters. The monoisotopic (exact) mass is 420 g/mol. The summed E-state index contributed by atoms with van der Waals surface area (Å²) in [5.74, 6) is 0.595. The lowest BCUT2D eigenvalue weighted by atomic mass is 10.1. The van der Waals surface area contributed by atoms with Gasteiger partial charge in [-0.1, -0.05) is 38.1 Å². The third-order valence-corrected chi connectivity index (χ3v) is 5.43. The molecule has 3 aromatic rings. The maximum absolute atomic E-state index is 12.6. The fraction of sp³-hybridized carbons (Fsp3) is 0.375. The number of amides is 1. The van der Waals surface area contributed by atoms with Gasteiger partial charge in [0.1, 0.15) is 5.82 Å². The maximum atomic E-state index is 12.6. The summed E-state index contributed by atoms with van der Waals surface area (Å²) in [5, 5.41) is 3.34. The van der Waals surface area contributed by atoms with Crippen LogP contribution >= 0.6 is 0 Å². The van der Waals surface area contributed by atoms with Crippen LogP contribution in [0, 0.1) is 11.8 Å².